The highest BCUT2D eigenvalue weighted by Crippen LogP contribution is 2.50. The maximum absolute atomic E-state index is 16.2. The number of hydrogen-bond acceptors (Lipinski definition) is 10. The minimum absolute atomic E-state index is 0.279. The molecule has 0 aliphatic carbocycles. The van der Waals surface area contributed by atoms with Crippen LogP contribution in [0.3, 0.4) is 0 Å². The zero-order valence-corrected chi connectivity index (χ0v) is 34.9. The molecule has 4 aliphatic rings. The Labute approximate surface area is 326 Å². The van der Waals surface area contributed by atoms with E-state index < -0.39 is 0 Å². The topological polar surface area (TPSA) is 115 Å². The normalized spacial score (nSPS) is 20.8. The van der Waals surface area contributed by atoms with Crippen LogP contribution < -0.4 is 15.5 Å². The van der Waals surface area contributed by atoms with E-state index in [-0.39, 0.29) is 24.0 Å². The molecule has 2 aromatic heterocycles. The number of aromatic nitrogens is 2. The van der Waals surface area contributed by atoms with E-state index >= 15 is 4.39 Å². The van der Waals surface area contributed by atoms with Gasteiger partial charge in [-0.25, -0.2) is 9.37 Å². The Balaban J connectivity index is 0.000000650. The Hall–Kier alpha value is -3.56. The fraction of sp³-hybridized carbons (Fsp3) is 0.605. The second kappa shape index (κ2) is 18.4. The fourth-order valence-electron chi connectivity index (χ4n) is 8.60. The number of hydrogen-bond donors (Lipinski definition) is 2. The summed E-state index contributed by atoms with van der Waals surface area (Å²) in [6.45, 7) is 23.6. The van der Waals surface area contributed by atoms with Gasteiger partial charge in [-0.15, -0.1) is 11.3 Å². The quantitative estimate of drug-likeness (QED) is 0.190. The predicted octanol–water partition coefficient (Wildman–Crippen LogP) is 9.44. The molecule has 0 radical (unpaired) electrons. The van der Waals surface area contributed by atoms with E-state index in [2.05, 4.69) is 48.5 Å². The summed E-state index contributed by atoms with van der Waals surface area (Å²) < 4.78 is 23.2. The van der Waals surface area contributed by atoms with Crippen LogP contribution in [0.1, 0.15) is 117 Å². The van der Waals surface area contributed by atoms with Gasteiger partial charge in [0.2, 0.25) is 5.95 Å². The smallest absolute Gasteiger partial charge is 0.227 e. The maximum Gasteiger partial charge on any atom is 0.227 e. The first kappa shape index (κ1) is 41.6. The van der Waals surface area contributed by atoms with Crippen molar-refractivity contribution in [1.29, 1.82) is 5.26 Å². The largest absolute Gasteiger partial charge is 0.392 e. The molecule has 2 aromatic carbocycles. The number of anilines is 3. The Kier molecular flexibility index (Phi) is 14.2. The number of fused-ring (bicyclic) bond motifs is 6. The van der Waals surface area contributed by atoms with Gasteiger partial charge < -0.3 is 25.4 Å². The highest BCUT2D eigenvalue weighted by atomic mass is 32.1. The molecule has 4 aromatic rings. The van der Waals surface area contributed by atoms with Gasteiger partial charge in [-0.1, -0.05) is 68.2 Å². The van der Waals surface area contributed by atoms with Crippen molar-refractivity contribution in [2.45, 2.75) is 132 Å². The van der Waals surface area contributed by atoms with Crippen molar-refractivity contribution >= 4 is 49.1 Å². The van der Waals surface area contributed by atoms with Crippen molar-refractivity contribution < 1.29 is 14.2 Å². The standard InChI is InChI=1S/C35H40FN7O2S.C4H10.2C2H6/c1-4-22-28(31-26(36)7-8-27-29(31)23(11-37)33(38)46-27)24-16-45-17-25(24)30-32(22)39-35(42-10-9-18(2)12-42)40-34(30)43-20-5-6-21(43)15-41(14-20)13-19(3)44;1-3-4-2;2*1-2/h7-8,18-21,44H,4-6,9-10,12-17,38H2,1-3H3;3-4H2,1-2H3;2*1-2H3. The van der Waals surface area contributed by atoms with E-state index in [1.807, 2.05) is 34.6 Å². The molecule has 8 rings (SSSR count). The van der Waals surface area contributed by atoms with E-state index in [9.17, 15) is 10.4 Å². The average Bonchev–Trinajstić information content (AvgIpc) is 3.97. The molecule has 2 bridgehead atoms. The first-order valence-corrected chi connectivity index (χ1v) is 21.3. The number of nitriles is 1. The van der Waals surface area contributed by atoms with E-state index in [4.69, 9.17) is 20.4 Å². The number of likely N-dealkylation sites (tertiary alicyclic amines) is 1. The van der Waals surface area contributed by atoms with Crippen LogP contribution in [0, 0.1) is 23.1 Å². The molecule has 6 heterocycles. The van der Waals surface area contributed by atoms with Crippen LogP contribution >= 0.6 is 11.3 Å². The van der Waals surface area contributed by atoms with Crippen LogP contribution in [0.25, 0.3) is 32.1 Å². The summed E-state index contributed by atoms with van der Waals surface area (Å²) in [6, 6.07) is 6.04. The summed E-state index contributed by atoms with van der Waals surface area (Å²) in [5, 5.41) is 22.3. The van der Waals surface area contributed by atoms with Crippen LogP contribution in [0.2, 0.25) is 0 Å². The molecule has 3 fully saturated rings. The molecule has 4 aliphatic heterocycles. The van der Waals surface area contributed by atoms with Gasteiger partial charge >= 0.3 is 0 Å². The van der Waals surface area contributed by atoms with Crippen LogP contribution in [-0.2, 0) is 24.4 Å². The number of piperazine rings is 1. The maximum atomic E-state index is 16.2. The molecule has 294 valence electrons. The molecule has 0 spiro atoms. The molecule has 54 heavy (non-hydrogen) atoms. The first-order chi connectivity index (χ1) is 26.2. The predicted molar refractivity (Wildman–Crippen MR) is 224 cm³/mol. The Morgan fingerprint density at radius 3 is 2.22 bits per heavy atom. The highest BCUT2D eigenvalue weighted by molar-refractivity contribution is 7.23. The summed E-state index contributed by atoms with van der Waals surface area (Å²) in [4.78, 5) is 18.0. The van der Waals surface area contributed by atoms with Crippen molar-refractivity contribution in [3.8, 4) is 17.2 Å². The third-order valence-electron chi connectivity index (χ3n) is 11.0. The van der Waals surface area contributed by atoms with Gasteiger partial charge in [0.05, 0.1) is 30.4 Å². The van der Waals surface area contributed by atoms with E-state index in [1.54, 1.807) is 6.07 Å². The lowest BCUT2D eigenvalue weighted by Crippen LogP contribution is -2.55. The van der Waals surface area contributed by atoms with Gasteiger partial charge in [0.1, 0.15) is 22.7 Å². The molecule has 4 unspecified atom stereocenters. The van der Waals surface area contributed by atoms with E-state index in [0.717, 1.165) is 95.1 Å². The van der Waals surface area contributed by atoms with Crippen LogP contribution in [0.15, 0.2) is 12.1 Å². The summed E-state index contributed by atoms with van der Waals surface area (Å²) in [7, 11) is 0. The second-order valence-electron chi connectivity index (χ2n) is 14.7. The Bertz CT molecular complexity index is 1940. The van der Waals surface area contributed by atoms with Gasteiger partial charge in [-0.3, -0.25) is 4.90 Å². The number of nitrogens with two attached hydrogens (primary N) is 1. The molecule has 0 amide bonds. The third-order valence-corrected chi connectivity index (χ3v) is 12.0. The summed E-state index contributed by atoms with van der Waals surface area (Å²) >= 11 is 1.32. The number of ether oxygens (including phenoxy) is 1. The van der Waals surface area contributed by atoms with Crippen LogP contribution in [0.5, 0.6) is 0 Å². The number of nitrogens with zero attached hydrogens (tertiary/aromatic N) is 6. The van der Waals surface area contributed by atoms with Crippen molar-refractivity contribution in [2.75, 3.05) is 48.3 Å². The minimum Gasteiger partial charge on any atom is -0.392 e. The fourth-order valence-corrected chi connectivity index (χ4v) is 9.53. The third kappa shape index (κ3) is 7.77. The first-order valence-electron chi connectivity index (χ1n) is 20.5. The van der Waals surface area contributed by atoms with Crippen LogP contribution in [0.4, 0.5) is 21.2 Å². The van der Waals surface area contributed by atoms with Crippen molar-refractivity contribution in [3.05, 3.63) is 40.2 Å². The number of thiophene rings is 1. The van der Waals surface area contributed by atoms with Gasteiger partial charge in [-0.2, -0.15) is 10.2 Å². The average molecular weight is 760 g/mol. The molecular weight excluding hydrogens is 698 g/mol. The molecule has 9 nitrogen and oxygen atoms in total. The van der Waals surface area contributed by atoms with Gasteiger partial charge in [0.25, 0.3) is 0 Å². The lowest BCUT2D eigenvalue weighted by molar-refractivity contribution is 0.111. The molecule has 11 heteroatoms. The number of aliphatic hydroxyl groups excluding tert-OH is 1. The molecule has 0 saturated carbocycles. The summed E-state index contributed by atoms with van der Waals surface area (Å²) in [5.41, 5.74) is 11.6. The van der Waals surface area contributed by atoms with Gasteiger partial charge in [0, 0.05) is 65.8 Å². The summed E-state index contributed by atoms with van der Waals surface area (Å²) in [5.74, 6) is 1.87. The van der Waals surface area contributed by atoms with Gasteiger partial charge in [-0.05, 0) is 72.9 Å². The number of aliphatic hydroxyl groups is 1. The monoisotopic (exact) mass is 759 g/mol. The molecular formula is C43H62FN7O2S. The molecule has 3 saturated heterocycles. The lowest BCUT2D eigenvalue weighted by Gasteiger charge is -2.43. The highest BCUT2D eigenvalue weighted by Gasteiger charge is 2.43. The van der Waals surface area contributed by atoms with E-state index in [0.29, 0.717) is 53.6 Å². The summed E-state index contributed by atoms with van der Waals surface area (Å²) in [6.07, 6.45) is 6.13. The second-order valence-corrected chi connectivity index (χ2v) is 15.8. The van der Waals surface area contributed by atoms with Crippen molar-refractivity contribution in [2.24, 2.45) is 5.92 Å². The number of β-amino-alcohol motifs (C(OH)–C–C–N with tert-alkyl or cyclic N) is 1. The number of unbranched alkanes of at least 4 members (excludes halogenated alkanes) is 1. The zero-order valence-electron chi connectivity index (χ0n) is 34.1. The number of rotatable bonds is 7. The SMILES string of the molecule is CC.CC.CCCC.CCc1c(-c2c(F)ccc3sc(N)c(C#N)c23)c2c(c3c(N4C5CCC4CN(CC(C)O)C5)nc(N4CCC(C)C4)nc13)COC2. The van der Waals surface area contributed by atoms with Gasteiger partial charge in [0.15, 0.2) is 0 Å². The van der Waals surface area contributed by atoms with Crippen molar-refractivity contribution in [1.82, 2.24) is 14.9 Å². The number of aryl methyl sites for hydroxylation is 1. The lowest BCUT2D eigenvalue weighted by atomic mass is 9.85. The number of nitrogen functional groups attached to an aromatic ring is 1. The number of halogens is 1. The minimum atomic E-state index is -0.375. The zero-order chi connectivity index (χ0) is 39.3. The number of benzene rings is 2. The Morgan fingerprint density at radius 1 is 0.981 bits per heavy atom. The van der Waals surface area contributed by atoms with Crippen molar-refractivity contribution in [3.63, 3.8) is 0 Å². The molecule has 4 atom stereocenters. The van der Waals surface area contributed by atoms with E-state index in [1.165, 1.54) is 30.2 Å². The van der Waals surface area contributed by atoms with Crippen LogP contribution in [-0.4, -0.2) is 70.9 Å². The molecule has 3 N–H and O–H groups in total. The Morgan fingerprint density at radius 2 is 1.65 bits per heavy atom.